The zero-order chi connectivity index (χ0) is 16.8. The summed E-state index contributed by atoms with van der Waals surface area (Å²) in [5.41, 5.74) is 0. The van der Waals surface area contributed by atoms with Crippen LogP contribution in [0.1, 0.15) is 44.3 Å². The van der Waals surface area contributed by atoms with Gasteiger partial charge in [-0.3, -0.25) is 4.79 Å². The third-order valence-electron chi connectivity index (χ3n) is 5.07. The maximum atomic E-state index is 12.6. The van der Waals surface area contributed by atoms with Crippen LogP contribution in [0.5, 0.6) is 0 Å². The van der Waals surface area contributed by atoms with Crippen molar-refractivity contribution in [3.05, 3.63) is 18.1 Å². The lowest BCUT2D eigenvalue weighted by Crippen LogP contribution is -2.36. The highest BCUT2D eigenvalue weighted by atomic mass is 16.5. The minimum Gasteiger partial charge on any atom is -0.377 e. The zero-order valence-corrected chi connectivity index (χ0v) is 14.6. The van der Waals surface area contributed by atoms with Crippen molar-refractivity contribution in [2.45, 2.75) is 45.1 Å². The molecule has 1 saturated carbocycles. The van der Waals surface area contributed by atoms with Crippen LogP contribution in [0.25, 0.3) is 0 Å². The van der Waals surface area contributed by atoms with Crippen LogP contribution in [-0.2, 0) is 16.1 Å². The van der Waals surface area contributed by atoms with E-state index < -0.39 is 0 Å². The number of hydrogen-bond donors (Lipinski definition) is 0. The van der Waals surface area contributed by atoms with Gasteiger partial charge in [0, 0.05) is 45.9 Å². The number of carbonyl (C=O) groups is 1. The molecule has 2 aliphatic rings. The summed E-state index contributed by atoms with van der Waals surface area (Å²) < 4.78 is 5.11. The summed E-state index contributed by atoms with van der Waals surface area (Å²) in [4.78, 5) is 25.6. The Kier molecular flexibility index (Phi) is 6.01. The standard InChI is InChI=1S/C18H28N4O2/c1-24-14-16-19-8-7-17(20-16)21-9-4-10-22(12-11-21)18(23)13-15-5-2-3-6-15/h7-8,15H,2-6,9-14H2,1H3. The highest BCUT2D eigenvalue weighted by molar-refractivity contribution is 5.76. The van der Waals surface area contributed by atoms with Crippen molar-refractivity contribution in [1.29, 1.82) is 0 Å². The van der Waals surface area contributed by atoms with Crippen LogP contribution in [0.3, 0.4) is 0 Å². The Balaban J connectivity index is 1.56. The van der Waals surface area contributed by atoms with Crippen molar-refractivity contribution in [3.8, 4) is 0 Å². The first-order valence-electron chi connectivity index (χ1n) is 9.10. The van der Waals surface area contributed by atoms with Crippen LogP contribution in [0.15, 0.2) is 12.3 Å². The number of methoxy groups -OCH3 is 1. The Morgan fingerprint density at radius 3 is 2.83 bits per heavy atom. The Hall–Kier alpha value is -1.69. The second-order valence-corrected chi connectivity index (χ2v) is 6.84. The Labute approximate surface area is 144 Å². The molecule has 6 heteroatoms. The Morgan fingerprint density at radius 1 is 1.21 bits per heavy atom. The highest BCUT2D eigenvalue weighted by Crippen LogP contribution is 2.28. The summed E-state index contributed by atoms with van der Waals surface area (Å²) in [5.74, 6) is 2.59. The number of nitrogens with zero attached hydrogens (tertiary/aromatic N) is 4. The molecule has 0 spiro atoms. The van der Waals surface area contributed by atoms with E-state index in [0.29, 0.717) is 24.3 Å². The van der Waals surface area contributed by atoms with Crippen LogP contribution >= 0.6 is 0 Å². The number of anilines is 1. The van der Waals surface area contributed by atoms with E-state index in [1.165, 1.54) is 25.7 Å². The molecule has 1 amide bonds. The van der Waals surface area contributed by atoms with Gasteiger partial charge >= 0.3 is 0 Å². The Bertz CT molecular complexity index is 546. The molecule has 1 aliphatic carbocycles. The topological polar surface area (TPSA) is 58.6 Å². The molecule has 0 atom stereocenters. The fourth-order valence-corrected chi connectivity index (χ4v) is 3.75. The summed E-state index contributed by atoms with van der Waals surface area (Å²) in [6.07, 6.45) is 8.56. The summed E-state index contributed by atoms with van der Waals surface area (Å²) in [6.45, 7) is 3.83. The number of amides is 1. The van der Waals surface area contributed by atoms with Gasteiger partial charge in [-0.15, -0.1) is 0 Å². The first-order valence-corrected chi connectivity index (χ1v) is 9.10. The molecule has 0 aromatic carbocycles. The smallest absolute Gasteiger partial charge is 0.222 e. The molecule has 0 N–H and O–H groups in total. The van der Waals surface area contributed by atoms with Crippen molar-refractivity contribution in [2.24, 2.45) is 5.92 Å². The van der Waals surface area contributed by atoms with Crippen molar-refractivity contribution in [1.82, 2.24) is 14.9 Å². The first kappa shape index (κ1) is 17.1. The first-order chi connectivity index (χ1) is 11.8. The molecule has 1 saturated heterocycles. The van der Waals surface area contributed by atoms with Crippen molar-refractivity contribution in [2.75, 3.05) is 38.2 Å². The molecule has 3 rings (SSSR count). The van der Waals surface area contributed by atoms with Crippen molar-refractivity contribution in [3.63, 3.8) is 0 Å². The molecule has 1 aliphatic heterocycles. The average molecular weight is 332 g/mol. The molecule has 0 bridgehead atoms. The summed E-state index contributed by atoms with van der Waals surface area (Å²) in [5, 5.41) is 0. The van der Waals surface area contributed by atoms with E-state index in [0.717, 1.165) is 44.8 Å². The van der Waals surface area contributed by atoms with Crippen molar-refractivity contribution >= 4 is 11.7 Å². The van der Waals surface area contributed by atoms with E-state index in [1.54, 1.807) is 13.3 Å². The maximum absolute atomic E-state index is 12.6. The molecule has 0 unspecified atom stereocenters. The maximum Gasteiger partial charge on any atom is 0.222 e. The van der Waals surface area contributed by atoms with Gasteiger partial charge in [0.25, 0.3) is 0 Å². The van der Waals surface area contributed by atoms with Gasteiger partial charge in [0.1, 0.15) is 12.4 Å². The van der Waals surface area contributed by atoms with Crippen molar-refractivity contribution < 1.29 is 9.53 Å². The van der Waals surface area contributed by atoms with E-state index in [4.69, 9.17) is 4.74 Å². The molecule has 1 aromatic heterocycles. The molecule has 0 radical (unpaired) electrons. The lowest BCUT2D eigenvalue weighted by Gasteiger charge is -2.24. The highest BCUT2D eigenvalue weighted by Gasteiger charge is 2.24. The molecular formula is C18H28N4O2. The van der Waals surface area contributed by atoms with Gasteiger partial charge in [0.05, 0.1) is 0 Å². The van der Waals surface area contributed by atoms with E-state index in [-0.39, 0.29) is 0 Å². The van der Waals surface area contributed by atoms with Gasteiger partial charge in [0.15, 0.2) is 5.82 Å². The van der Waals surface area contributed by atoms with Gasteiger partial charge < -0.3 is 14.5 Å². The van der Waals surface area contributed by atoms with E-state index in [1.807, 2.05) is 6.07 Å². The third-order valence-corrected chi connectivity index (χ3v) is 5.07. The fourth-order valence-electron chi connectivity index (χ4n) is 3.75. The van der Waals surface area contributed by atoms with Crippen LogP contribution < -0.4 is 4.90 Å². The van der Waals surface area contributed by atoms with Gasteiger partial charge in [0.2, 0.25) is 5.91 Å². The normalized spacial score (nSPS) is 19.5. The van der Waals surface area contributed by atoms with Gasteiger partial charge in [-0.2, -0.15) is 0 Å². The quantitative estimate of drug-likeness (QED) is 0.828. The molecule has 2 fully saturated rings. The zero-order valence-electron chi connectivity index (χ0n) is 14.6. The SMILES string of the molecule is COCc1nccc(N2CCCN(C(=O)CC3CCCC3)CC2)n1. The predicted octanol–water partition coefficient (Wildman–Crippen LogP) is 2.24. The number of hydrogen-bond acceptors (Lipinski definition) is 5. The van der Waals surface area contributed by atoms with E-state index in [9.17, 15) is 4.79 Å². The lowest BCUT2D eigenvalue weighted by atomic mass is 10.0. The van der Waals surface area contributed by atoms with Crippen LogP contribution in [0.2, 0.25) is 0 Å². The second kappa shape index (κ2) is 8.42. The number of rotatable bonds is 5. The summed E-state index contributed by atoms with van der Waals surface area (Å²) in [7, 11) is 1.65. The minimum absolute atomic E-state index is 0.339. The molecular weight excluding hydrogens is 304 g/mol. The summed E-state index contributed by atoms with van der Waals surface area (Å²) in [6, 6.07) is 1.94. The largest absolute Gasteiger partial charge is 0.377 e. The van der Waals surface area contributed by atoms with Gasteiger partial charge in [-0.05, 0) is 31.2 Å². The lowest BCUT2D eigenvalue weighted by molar-refractivity contribution is -0.131. The summed E-state index contributed by atoms with van der Waals surface area (Å²) >= 11 is 0. The monoisotopic (exact) mass is 332 g/mol. The van der Waals surface area contributed by atoms with Crippen LogP contribution in [0, 0.1) is 5.92 Å². The van der Waals surface area contributed by atoms with Crippen LogP contribution in [-0.4, -0.2) is 54.1 Å². The fraction of sp³-hybridized carbons (Fsp3) is 0.722. The number of ether oxygens (including phenoxy) is 1. The minimum atomic E-state index is 0.339. The molecule has 132 valence electrons. The third kappa shape index (κ3) is 4.44. The number of aromatic nitrogens is 2. The average Bonchev–Trinajstić information content (AvgIpc) is 2.96. The van der Waals surface area contributed by atoms with E-state index >= 15 is 0 Å². The second-order valence-electron chi connectivity index (χ2n) is 6.84. The van der Waals surface area contributed by atoms with Gasteiger partial charge in [-0.1, -0.05) is 12.8 Å². The molecule has 24 heavy (non-hydrogen) atoms. The number of carbonyl (C=O) groups excluding carboxylic acids is 1. The molecule has 2 heterocycles. The van der Waals surface area contributed by atoms with Crippen LogP contribution in [0.4, 0.5) is 5.82 Å². The Morgan fingerprint density at radius 2 is 2.04 bits per heavy atom. The molecule has 6 nitrogen and oxygen atoms in total. The van der Waals surface area contributed by atoms with E-state index in [2.05, 4.69) is 19.8 Å². The van der Waals surface area contributed by atoms with Gasteiger partial charge in [-0.25, -0.2) is 9.97 Å². The predicted molar refractivity (Wildman–Crippen MR) is 92.7 cm³/mol. The molecule has 1 aromatic rings.